The largest absolute Gasteiger partial charge is 0.368 e. The van der Waals surface area contributed by atoms with Gasteiger partial charge in [0.25, 0.3) is 0 Å². The lowest BCUT2D eigenvalue weighted by atomic mass is 10.1. The highest BCUT2D eigenvalue weighted by atomic mass is 35.5. The molecular weight excluding hydrogens is 461 g/mol. The van der Waals surface area contributed by atoms with Crippen molar-refractivity contribution in [3.05, 3.63) is 76.0 Å². The van der Waals surface area contributed by atoms with Crippen LogP contribution in [0.5, 0.6) is 0 Å². The van der Waals surface area contributed by atoms with Crippen molar-refractivity contribution in [1.29, 1.82) is 0 Å². The molecule has 4 N–H and O–H groups in total. The Bertz CT molecular complexity index is 1190. The average Bonchev–Trinajstić information content (AvgIpc) is 2.72. The zero-order chi connectivity index (χ0) is 22.6. The van der Waals surface area contributed by atoms with Crippen LogP contribution in [0.2, 0.25) is 10.0 Å². The third-order valence-electron chi connectivity index (χ3n) is 4.35. The summed E-state index contributed by atoms with van der Waals surface area (Å²) in [7, 11) is -3.61. The number of rotatable bonds is 6. The van der Waals surface area contributed by atoms with Crippen molar-refractivity contribution in [3.8, 4) is 0 Å². The Morgan fingerprint density at radius 1 is 1.10 bits per heavy atom. The number of nitrogens with one attached hydrogen (secondary N) is 2. The predicted molar refractivity (Wildman–Crippen MR) is 121 cm³/mol. The van der Waals surface area contributed by atoms with E-state index in [2.05, 4.69) is 20.6 Å². The van der Waals surface area contributed by atoms with Gasteiger partial charge in [0.2, 0.25) is 5.95 Å². The number of benzene rings is 2. The molecule has 2 amide bonds. The lowest BCUT2D eigenvalue weighted by Crippen LogP contribution is -2.31. The van der Waals surface area contributed by atoms with E-state index in [1.54, 1.807) is 25.1 Å². The van der Waals surface area contributed by atoms with Gasteiger partial charge in [0.1, 0.15) is 0 Å². The minimum atomic E-state index is -3.61. The lowest BCUT2D eigenvalue weighted by molar-refractivity contribution is 0.249. The van der Waals surface area contributed by atoms with Crippen molar-refractivity contribution in [2.75, 3.05) is 11.1 Å². The molecule has 0 aliphatic carbocycles. The molecule has 0 spiro atoms. The number of carbonyl (C=O) groups excluding carboxylic acids is 1. The molecule has 31 heavy (non-hydrogen) atoms. The van der Waals surface area contributed by atoms with Gasteiger partial charge in [0, 0.05) is 23.6 Å². The molecule has 3 aromatic rings. The SMILES string of the molecule is CC(NC(=O)Nc1ccc(S(=O)(=O)Cc2cnc(N)nc2)cc1)c1cccc(Cl)c1Cl. The van der Waals surface area contributed by atoms with Gasteiger partial charge in [-0.2, -0.15) is 0 Å². The van der Waals surface area contributed by atoms with Crippen molar-refractivity contribution >= 4 is 50.7 Å². The number of amides is 2. The first-order valence-electron chi connectivity index (χ1n) is 9.06. The van der Waals surface area contributed by atoms with Crippen molar-refractivity contribution in [2.24, 2.45) is 0 Å². The maximum atomic E-state index is 12.6. The van der Waals surface area contributed by atoms with Crippen LogP contribution in [0, 0.1) is 0 Å². The first kappa shape index (κ1) is 22.8. The number of hydrogen-bond acceptors (Lipinski definition) is 6. The van der Waals surface area contributed by atoms with E-state index in [9.17, 15) is 13.2 Å². The molecule has 162 valence electrons. The number of hydrogen-bond donors (Lipinski definition) is 3. The van der Waals surface area contributed by atoms with Crippen molar-refractivity contribution in [2.45, 2.75) is 23.6 Å². The van der Waals surface area contributed by atoms with E-state index in [0.717, 1.165) is 0 Å². The lowest BCUT2D eigenvalue weighted by Gasteiger charge is -2.17. The number of aromatic nitrogens is 2. The number of nitrogen functional groups attached to an aromatic ring is 1. The topological polar surface area (TPSA) is 127 Å². The Morgan fingerprint density at radius 3 is 2.39 bits per heavy atom. The summed E-state index contributed by atoms with van der Waals surface area (Å²) in [5.74, 6) is -0.194. The van der Waals surface area contributed by atoms with E-state index in [1.165, 1.54) is 36.7 Å². The van der Waals surface area contributed by atoms with Crippen molar-refractivity contribution in [1.82, 2.24) is 15.3 Å². The van der Waals surface area contributed by atoms with E-state index in [4.69, 9.17) is 28.9 Å². The zero-order valence-corrected chi connectivity index (χ0v) is 18.7. The summed E-state index contributed by atoms with van der Waals surface area (Å²) in [4.78, 5) is 20.0. The van der Waals surface area contributed by atoms with Crippen LogP contribution in [0.15, 0.2) is 59.8 Å². The van der Waals surface area contributed by atoms with Gasteiger partial charge >= 0.3 is 6.03 Å². The highest BCUT2D eigenvalue weighted by Crippen LogP contribution is 2.29. The number of sulfone groups is 1. The monoisotopic (exact) mass is 479 g/mol. The minimum Gasteiger partial charge on any atom is -0.368 e. The summed E-state index contributed by atoms with van der Waals surface area (Å²) in [6.07, 6.45) is 2.74. The van der Waals surface area contributed by atoms with Gasteiger partial charge in [-0.05, 0) is 42.8 Å². The van der Waals surface area contributed by atoms with Crippen molar-refractivity contribution in [3.63, 3.8) is 0 Å². The van der Waals surface area contributed by atoms with E-state index in [-0.39, 0.29) is 16.6 Å². The van der Waals surface area contributed by atoms with Crippen LogP contribution >= 0.6 is 23.2 Å². The summed E-state index contributed by atoms with van der Waals surface area (Å²) in [6, 6.07) is 10.1. The molecule has 0 aliphatic heterocycles. The van der Waals surface area contributed by atoms with Crippen LogP contribution in [0.25, 0.3) is 0 Å². The molecule has 8 nitrogen and oxygen atoms in total. The van der Waals surface area contributed by atoms with E-state index >= 15 is 0 Å². The van der Waals surface area contributed by atoms with Gasteiger partial charge in [0.05, 0.1) is 26.7 Å². The molecule has 11 heteroatoms. The Balaban J connectivity index is 1.63. The molecule has 3 rings (SSSR count). The molecule has 0 bridgehead atoms. The highest BCUT2D eigenvalue weighted by molar-refractivity contribution is 7.90. The number of nitrogens with zero attached hydrogens (tertiary/aromatic N) is 2. The Labute approximate surface area is 189 Å². The summed E-state index contributed by atoms with van der Waals surface area (Å²) in [5.41, 5.74) is 6.94. The van der Waals surface area contributed by atoms with E-state index < -0.39 is 21.9 Å². The molecule has 1 heterocycles. The van der Waals surface area contributed by atoms with Crippen LogP contribution in [-0.2, 0) is 15.6 Å². The smallest absolute Gasteiger partial charge is 0.319 e. The quantitative estimate of drug-likeness (QED) is 0.485. The number of nitrogens with two attached hydrogens (primary N) is 1. The molecule has 1 unspecified atom stereocenters. The second kappa shape index (κ2) is 9.51. The second-order valence-electron chi connectivity index (χ2n) is 6.70. The minimum absolute atomic E-state index is 0.0711. The maximum absolute atomic E-state index is 12.6. The first-order chi connectivity index (χ1) is 14.7. The van der Waals surface area contributed by atoms with Crippen LogP contribution in [0.3, 0.4) is 0 Å². The number of halogens is 2. The molecule has 1 aromatic heterocycles. The Morgan fingerprint density at radius 2 is 1.74 bits per heavy atom. The normalized spacial score (nSPS) is 12.2. The Hall–Kier alpha value is -2.88. The molecule has 0 saturated carbocycles. The van der Waals surface area contributed by atoms with E-state index in [0.29, 0.717) is 26.9 Å². The summed E-state index contributed by atoms with van der Waals surface area (Å²) in [6.45, 7) is 1.77. The van der Waals surface area contributed by atoms with Crippen LogP contribution in [-0.4, -0.2) is 24.4 Å². The summed E-state index contributed by atoms with van der Waals surface area (Å²) in [5, 5.41) is 6.19. The molecular formula is C20H19Cl2N5O3S. The van der Waals surface area contributed by atoms with Gasteiger partial charge in [0.15, 0.2) is 9.84 Å². The highest BCUT2D eigenvalue weighted by Gasteiger charge is 2.17. The summed E-state index contributed by atoms with van der Waals surface area (Å²) < 4.78 is 25.1. The predicted octanol–water partition coefficient (Wildman–Crippen LogP) is 4.22. The fraction of sp³-hybridized carbons (Fsp3) is 0.150. The molecule has 0 fully saturated rings. The summed E-state index contributed by atoms with van der Waals surface area (Å²) >= 11 is 12.2. The first-order valence-corrected chi connectivity index (χ1v) is 11.5. The van der Waals surface area contributed by atoms with E-state index in [1.807, 2.05) is 0 Å². The number of urea groups is 1. The van der Waals surface area contributed by atoms with Gasteiger partial charge in [-0.3, -0.25) is 0 Å². The van der Waals surface area contributed by atoms with Crippen LogP contribution in [0.4, 0.5) is 16.4 Å². The molecule has 0 aliphatic rings. The maximum Gasteiger partial charge on any atom is 0.319 e. The third-order valence-corrected chi connectivity index (χ3v) is 6.89. The zero-order valence-electron chi connectivity index (χ0n) is 16.3. The van der Waals surface area contributed by atoms with Crippen LogP contribution < -0.4 is 16.4 Å². The van der Waals surface area contributed by atoms with Gasteiger partial charge in [-0.15, -0.1) is 0 Å². The number of carbonyl (C=O) groups is 1. The fourth-order valence-corrected chi connectivity index (χ4v) is 4.56. The van der Waals surface area contributed by atoms with Crippen molar-refractivity contribution < 1.29 is 13.2 Å². The molecule has 0 saturated heterocycles. The second-order valence-corrected chi connectivity index (χ2v) is 9.47. The molecule has 0 radical (unpaired) electrons. The standard InChI is InChI=1S/C20H19Cl2N5O3S/c1-12(16-3-2-4-17(21)18(16)22)26-20(28)27-14-5-7-15(8-6-14)31(29,30)11-13-9-24-19(23)25-10-13/h2-10,12H,11H2,1H3,(H2,23,24,25)(H2,26,27,28). The fourth-order valence-electron chi connectivity index (χ4n) is 2.78. The molecule has 1 atom stereocenters. The van der Waals surface area contributed by atoms with Gasteiger partial charge in [-0.1, -0.05) is 35.3 Å². The van der Waals surface area contributed by atoms with Gasteiger partial charge < -0.3 is 16.4 Å². The number of anilines is 2. The van der Waals surface area contributed by atoms with Gasteiger partial charge in [-0.25, -0.2) is 23.2 Å². The van der Waals surface area contributed by atoms with Crippen LogP contribution in [0.1, 0.15) is 24.1 Å². The Kier molecular flexibility index (Phi) is 6.99. The third kappa shape index (κ3) is 5.84. The average molecular weight is 480 g/mol. The molecule has 2 aromatic carbocycles.